The Hall–Kier alpha value is -1.39. The molecule has 0 bridgehead atoms. The van der Waals surface area contributed by atoms with Crippen LogP contribution in [-0.4, -0.2) is 26.7 Å². The number of anilines is 1. The summed E-state index contributed by atoms with van der Waals surface area (Å²) in [4.78, 5) is 19.4. The van der Waals surface area contributed by atoms with Gasteiger partial charge in [0.05, 0.1) is 5.54 Å². The number of hydrogen-bond acceptors (Lipinski definition) is 3. The summed E-state index contributed by atoms with van der Waals surface area (Å²) in [6, 6.07) is 0.345. The van der Waals surface area contributed by atoms with Gasteiger partial charge in [-0.15, -0.1) is 0 Å². The van der Waals surface area contributed by atoms with Crippen molar-refractivity contribution in [1.82, 2.24) is 14.8 Å². The summed E-state index contributed by atoms with van der Waals surface area (Å²) in [5.74, 6) is 1.63. The average Bonchev–Trinajstić information content (AvgIpc) is 3.07. The molecule has 5 nitrogen and oxygen atoms in total. The molecule has 1 aromatic heterocycles. The van der Waals surface area contributed by atoms with Gasteiger partial charge in [0.2, 0.25) is 11.9 Å². The molecular weight excluding hydrogens is 288 g/mol. The van der Waals surface area contributed by atoms with E-state index in [0.29, 0.717) is 18.4 Å². The zero-order valence-corrected chi connectivity index (χ0v) is 14.2. The van der Waals surface area contributed by atoms with E-state index in [9.17, 15) is 4.79 Å². The largest absolute Gasteiger partial charge is 0.277 e. The summed E-state index contributed by atoms with van der Waals surface area (Å²) >= 11 is 0. The van der Waals surface area contributed by atoms with E-state index in [1.165, 1.54) is 51.4 Å². The van der Waals surface area contributed by atoms with Crippen LogP contribution in [0.5, 0.6) is 0 Å². The van der Waals surface area contributed by atoms with Crippen LogP contribution >= 0.6 is 0 Å². The minimum atomic E-state index is 0.123. The standard InChI is InChI=1S/C18H28N4O/c1-2-8-16(23)21-15-10-5-4-9-14(15)18(11-6-3-7-12-18)22-17(21)19-13-20-22/h13-15H,2-12H2,1H3/t14-,15+/m1/s1. The van der Waals surface area contributed by atoms with Crippen molar-refractivity contribution in [2.45, 2.75) is 89.1 Å². The summed E-state index contributed by atoms with van der Waals surface area (Å²) in [6.45, 7) is 2.08. The van der Waals surface area contributed by atoms with Crippen LogP contribution in [0.4, 0.5) is 5.95 Å². The summed E-state index contributed by atoms with van der Waals surface area (Å²) < 4.78 is 2.16. The smallest absolute Gasteiger partial charge is 0.231 e. The highest BCUT2D eigenvalue weighted by Gasteiger charge is 2.54. The summed E-state index contributed by atoms with van der Waals surface area (Å²) in [7, 11) is 0. The minimum Gasteiger partial charge on any atom is -0.277 e. The molecule has 2 heterocycles. The Bertz CT molecular complexity index is 575. The summed E-state index contributed by atoms with van der Waals surface area (Å²) in [6.07, 6.45) is 14.4. The van der Waals surface area contributed by atoms with Crippen molar-refractivity contribution in [2.24, 2.45) is 5.92 Å². The van der Waals surface area contributed by atoms with Crippen molar-refractivity contribution in [2.75, 3.05) is 4.90 Å². The van der Waals surface area contributed by atoms with Crippen molar-refractivity contribution in [1.29, 1.82) is 0 Å². The van der Waals surface area contributed by atoms with E-state index in [4.69, 9.17) is 0 Å². The van der Waals surface area contributed by atoms with Crippen LogP contribution < -0.4 is 4.90 Å². The number of amides is 1. The molecule has 2 aliphatic carbocycles. The van der Waals surface area contributed by atoms with E-state index in [0.717, 1.165) is 18.8 Å². The molecule has 2 atom stereocenters. The molecule has 0 saturated heterocycles. The third-order valence-electron chi connectivity index (χ3n) is 6.37. The van der Waals surface area contributed by atoms with Crippen LogP contribution in [0, 0.1) is 5.92 Å². The van der Waals surface area contributed by atoms with Crippen LogP contribution in [-0.2, 0) is 10.3 Å². The second-order valence-corrected chi connectivity index (χ2v) is 7.61. The van der Waals surface area contributed by atoms with Gasteiger partial charge in [0, 0.05) is 18.4 Å². The third-order valence-corrected chi connectivity index (χ3v) is 6.37. The lowest BCUT2D eigenvalue weighted by Gasteiger charge is -2.55. The predicted octanol–water partition coefficient (Wildman–Crippen LogP) is 3.64. The topological polar surface area (TPSA) is 51.0 Å². The molecule has 1 spiro atoms. The zero-order valence-electron chi connectivity index (χ0n) is 14.2. The van der Waals surface area contributed by atoms with Gasteiger partial charge in [-0.2, -0.15) is 10.1 Å². The molecule has 1 aromatic rings. The molecule has 23 heavy (non-hydrogen) atoms. The lowest BCUT2D eigenvalue weighted by Crippen LogP contribution is -2.61. The van der Waals surface area contributed by atoms with Gasteiger partial charge in [0.1, 0.15) is 6.33 Å². The van der Waals surface area contributed by atoms with Crippen molar-refractivity contribution in [3.63, 3.8) is 0 Å². The van der Waals surface area contributed by atoms with Gasteiger partial charge in [-0.05, 0) is 32.1 Å². The van der Waals surface area contributed by atoms with Crippen LogP contribution in [0.15, 0.2) is 6.33 Å². The van der Waals surface area contributed by atoms with Crippen LogP contribution in [0.3, 0.4) is 0 Å². The van der Waals surface area contributed by atoms with Gasteiger partial charge in [0.15, 0.2) is 0 Å². The summed E-state index contributed by atoms with van der Waals surface area (Å²) in [5, 5.41) is 4.63. The average molecular weight is 316 g/mol. The quantitative estimate of drug-likeness (QED) is 0.837. The molecule has 4 rings (SSSR count). The fourth-order valence-corrected chi connectivity index (χ4v) is 5.44. The van der Waals surface area contributed by atoms with Crippen molar-refractivity contribution < 1.29 is 4.79 Å². The molecule has 1 aliphatic heterocycles. The molecule has 3 aliphatic rings. The number of carbonyl (C=O) groups excluding carboxylic acids is 1. The van der Waals surface area contributed by atoms with E-state index in [-0.39, 0.29) is 11.4 Å². The van der Waals surface area contributed by atoms with E-state index < -0.39 is 0 Å². The first-order valence-corrected chi connectivity index (χ1v) is 9.50. The van der Waals surface area contributed by atoms with E-state index in [1.807, 2.05) is 4.90 Å². The molecule has 2 saturated carbocycles. The van der Waals surface area contributed by atoms with Crippen molar-refractivity contribution in [3.8, 4) is 0 Å². The van der Waals surface area contributed by atoms with Gasteiger partial charge >= 0.3 is 0 Å². The van der Waals surface area contributed by atoms with Crippen molar-refractivity contribution in [3.05, 3.63) is 6.33 Å². The number of fused-ring (bicyclic) bond motifs is 4. The molecule has 1 amide bonds. The minimum absolute atomic E-state index is 0.123. The molecular formula is C18H28N4O. The Morgan fingerprint density at radius 1 is 1.22 bits per heavy atom. The molecule has 0 unspecified atom stereocenters. The van der Waals surface area contributed by atoms with E-state index >= 15 is 0 Å². The van der Waals surface area contributed by atoms with Gasteiger partial charge in [-0.1, -0.05) is 39.0 Å². The SMILES string of the molecule is CCCC(=O)N1c2ncnn2C2(CCCCC2)[C@@H]2CCCC[C@@H]21. The van der Waals surface area contributed by atoms with Gasteiger partial charge in [0.25, 0.3) is 0 Å². The number of carbonyl (C=O) groups is 1. The highest BCUT2D eigenvalue weighted by Crippen LogP contribution is 2.52. The second-order valence-electron chi connectivity index (χ2n) is 7.61. The maximum absolute atomic E-state index is 12.8. The zero-order chi connectivity index (χ0) is 15.9. The summed E-state index contributed by atoms with van der Waals surface area (Å²) in [5.41, 5.74) is 0.123. The first kappa shape index (κ1) is 15.2. The van der Waals surface area contributed by atoms with Crippen LogP contribution in [0.2, 0.25) is 0 Å². The van der Waals surface area contributed by atoms with Crippen LogP contribution in [0.1, 0.15) is 77.6 Å². The Morgan fingerprint density at radius 2 is 2.00 bits per heavy atom. The molecule has 0 radical (unpaired) electrons. The fourth-order valence-electron chi connectivity index (χ4n) is 5.44. The Morgan fingerprint density at radius 3 is 2.78 bits per heavy atom. The second kappa shape index (κ2) is 5.91. The maximum atomic E-state index is 12.8. The maximum Gasteiger partial charge on any atom is 0.231 e. The highest BCUT2D eigenvalue weighted by atomic mass is 16.2. The number of aromatic nitrogens is 3. The number of hydrogen-bond donors (Lipinski definition) is 0. The van der Waals surface area contributed by atoms with E-state index in [1.54, 1.807) is 6.33 Å². The molecule has 0 N–H and O–H groups in total. The van der Waals surface area contributed by atoms with Gasteiger partial charge in [-0.25, -0.2) is 4.68 Å². The van der Waals surface area contributed by atoms with Crippen LogP contribution in [0.25, 0.3) is 0 Å². The third kappa shape index (κ3) is 2.23. The number of nitrogens with zero attached hydrogens (tertiary/aromatic N) is 4. The highest BCUT2D eigenvalue weighted by molar-refractivity contribution is 5.92. The monoisotopic (exact) mass is 316 g/mol. The number of rotatable bonds is 2. The molecule has 2 fully saturated rings. The van der Waals surface area contributed by atoms with Crippen molar-refractivity contribution >= 4 is 11.9 Å². The lowest BCUT2D eigenvalue weighted by atomic mass is 9.64. The van der Waals surface area contributed by atoms with Gasteiger partial charge < -0.3 is 0 Å². The molecule has 5 heteroatoms. The Labute approximate surface area is 138 Å². The normalized spacial score (nSPS) is 29.2. The Balaban J connectivity index is 1.81. The lowest BCUT2D eigenvalue weighted by molar-refractivity contribution is -0.121. The predicted molar refractivity (Wildman–Crippen MR) is 89.2 cm³/mol. The van der Waals surface area contributed by atoms with Gasteiger partial charge in [-0.3, -0.25) is 9.69 Å². The fraction of sp³-hybridized carbons (Fsp3) is 0.833. The first-order chi connectivity index (χ1) is 11.3. The molecule has 0 aromatic carbocycles. The van der Waals surface area contributed by atoms with E-state index in [2.05, 4.69) is 21.7 Å². The Kier molecular flexibility index (Phi) is 3.90. The molecule has 126 valence electrons. The first-order valence-electron chi connectivity index (χ1n) is 9.50.